The first-order valence-corrected chi connectivity index (χ1v) is 6.74. The summed E-state index contributed by atoms with van der Waals surface area (Å²) in [4.78, 5) is 16.5. The molecule has 0 fully saturated rings. The van der Waals surface area contributed by atoms with E-state index in [1.807, 2.05) is 57.5 Å². The van der Waals surface area contributed by atoms with E-state index in [4.69, 9.17) is 0 Å². The lowest BCUT2D eigenvalue weighted by molar-refractivity contribution is -0.129. The molecule has 1 aliphatic heterocycles. The van der Waals surface area contributed by atoms with Crippen LogP contribution in [-0.2, 0) is 4.79 Å². The lowest BCUT2D eigenvalue weighted by Gasteiger charge is -2.35. The van der Waals surface area contributed by atoms with Gasteiger partial charge in [-0.05, 0) is 23.3 Å². The second-order valence-corrected chi connectivity index (χ2v) is 5.34. The maximum Gasteiger partial charge on any atom is 0.234 e. The Morgan fingerprint density at radius 2 is 1.40 bits per heavy atom. The van der Waals surface area contributed by atoms with Gasteiger partial charge in [-0.1, -0.05) is 36.4 Å². The molecule has 0 saturated carbocycles. The minimum absolute atomic E-state index is 0.123. The maximum absolute atomic E-state index is 12.6. The van der Waals surface area contributed by atoms with Gasteiger partial charge in [-0.25, -0.2) is 0 Å². The molecular formula is C17H18N2O. The third kappa shape index (κ3) is 1.78. The molecular weight excluding hydrogens is 248 g/mol. The number of anilines is 2. The Hall–Kier alpha value is -2.29. The largest absolute Gasteiger partial charge is 0.348 e. The van der Waals surface area contributed by atoms with Gasteiger partial charge in [-0.15, -0.1) is 0 Å². The number of hydrogen-bond donors (Lipinski definition) is 0. The van der Waals surface area contributed by atoms with E-state index in [0.29, 0.717) is 0 Å². The molecule has 0 N–H and O–H groups in total. The predicted octanol–water partition coefficient (Wildman–Crippen LogP) is 2.99. The van der Waals surface area contributed by atoms with Gasteiger partial charge in [-0.3, -0.25) is 4.79 Å². The Kier molecular flexibility index (Phi) is 2.97. The highest BCUT2D eigenvalue weighted by molar-refractivity contribution is 5.93. The molecule has 1 amide bonds. The van der Waals surface area contributed by atoms with Crippen molar-refractivity contribution in [2.45, 2.75) is 5.92 Å². The number of carbonyl (C=O) groups excluding carboxylic acids is 1. The zero-order valence-corrected chi connectivity index (χ0v) is 12.0. The highest BCUT2D eigenvalue weighted by Gasteiger charge is 2.33. The number of para-hydroxylation sites is 2. The van der Waals surface area contributed by atoms with E-state index in [2.05, 4.69) is 17.0 Å². The summed E-state index contributed by atoms with van der Waals surface area (Å²) in [7, 11) is 5.67. The van der Waals surface area contributed by atoms with Crippen molar-refractivity contribution in [2.24, 2.45) is 0 Å². The van der Waals surface area contributed by atoms with Crippen LogP contribution >= 0.6 is 0 Å². The molecule has 0 saturated heterocycles. The Morgan fingerprint density at radius 1 is 0.950 bits per heavy atom. The standard InChI is InChI=1S/C17H18N2O/c1-18(2)17(20)16-12-8-4-6-10-14(12)19(3)15-11-7-5-9-13(15)16/h4-11,16H,1-3H3. The van der Waals surface area contributed by atoms with E-state index in [9.17, 15) is 4.79 Å². The van der Waals surface area contributed by atoms with Crippen LogP contribution in [0.1, 0.15) is 17.0 Å². The van der Waals surface area contributed by atoms with Crippen LogP contribution in [0.4, 0.5) is 11.4 Å². The van der Waals surface area contributed by atoms with Gasteiger partial charge >= 0.3 is 0 Å². The fourth-order valence-corrected chi connectivity index (χ4v) is 2.90. The van der Waals surface area contributed by atoms with Crippen molar-refractivity contribution in [3.8, 4) is 0 Å². The molecule has 0 radical (unpaired) electrons. The quantitative estimate of drug-likeness (QED) is 0.792. The van der Waals surface area contributed by atoms with Gasteiger partial charge in [0.15, 0.2) is 0 Å². The van der Waals surface area contributed by atoms with Crippen LogP contribution < -0.4 is 4.90 Å². The molecule has 0 aromatic heterocycles. The average molecular weight is 266 g/mol. The van der Waals surface area contributed by atoms with Crippen molar-refractivity contribution in [1.82, 2.24) is 4.90 Å². The fraction of sp³-hybridized carbons (Fsp3) is 0.235. The molecule has 1 aliphatic rings. The number of amides is 1. The van der Waals surface area contributed by atoms with Gasteiger partial charge in [0.25, 0.3) is 0 Å². The fourth-order valence-electron chi connectivity index (χ4n) is 2.90. The highest BCUT2D eigenvalue weighted by Crippen LogP contribution is 2.44. The van der Waals surface area contributed by atoms with Crippen molar-refractivity contribution < 1.29 is 4.79 Å². The number of nitrogens with zero attached hydrogens (tertiary/aromatic N) is 2. The highest BCUT2D eigenvalue weighted by atomic mass is 16.2. The lowest BCUT2D eigenvalue weighted by Crippen LogP contribution is -2.33. The second-order valence-electron chi connectivity index (χ2n) is 5.34. The van der Waals surface area contributed by atoms with Crippen LogP contribution in [0.2, 0.25) is 0 Å². The summed E-state index contributed by atoms with van der Waals surface area (Å²) in [6, 6.07) is 16.3. The molecule has 0 aliphatic carbocycles. The smallest absolute Gasteiger partial charge is 0.234 e. The minimum Gasteiger partial charge on any atom is -0.348 e. The van der Waals surface area contributed by atoms with E-state index < -0.39 is 0 Å². The molecule has 20 heavy (non-hydrogen) atoms. The number of rotatable bonds is 1. The van der Waals surface area contributed by atoms with Gasteiger partial charge in [0, 0.05) is 32.5 Å². The Balaban J connectivity index is 2.25. The first-order valence-electron chi connectivity index (χ1n) is 6.74. The molecule has 102 valence electrons. The van der Waals surface area contributed by atoms with E-state index in [0.717, 1.165) is 22.5 Å². The molecule has 3 nitrogen and oxygen atoms in total. The summed E-state index contributed by atoms with van der Waals surface area (Å²) in [5, 5.41) is 0. The first kappa shape index (κ1) is 12.7. The number of likely N-dealkylation sites (N-methyl/N-ethyl adjacent to an activating group) is 1. The summed E-state index contributed by atoms with van der Waals surface area (Å²) in [5.74, 6) is -0.0911. The van der Waals surface area contributed by atoms with Gasteiger partial charge in [-0.2, -0.15) is 0 Å². The van der Waals surface area contributed by atoms with Crippen LogP contribution in [0, 0.1) is 0 Å². The van der Waals surface area contributed by atoms with E-state index in [1.165, 1.54) is 0 Å². The van der Waals surface area contributed by atoms with Crippen molar-refractivity contribution in [1.29, 1.82) is 0 Å². The topological polar surface area (TPSA) is 23.6 Å². The van der Waals surface area contributed by atoms with Gasteiger partial charge < -0.3 is 9.80 Å². The Morgan fingerprint density at radius 3 is 1.85 bits per heavy atom. The molecule has 0 bridgehead atoms. The number of fused-ring (bicyclic) bond motifs is 2. The first-order chi connectivity index (χ1) is 9.61. The summed E-state index contributed by atoms with van der Waals surface area (Å²) in [6.45, 7) is 0. The number of hydrogen-bond acceptors (Lipinski definition) is 2. The van der Waals surface area contributed by atoms with E-state index in [1.54, 1.807) is 4.90 Å². The zero-order chi connectivity index (χ0) is 14.3. The van der Waals surface area contributed by atoms with Gasteiger partial charge in [0.05, 0.1) is 5.92 Å². The van der Waals surface area contributed by atoms with E-state index in [-0.39, 0.29) is 11.8 Å². The summed E-state index contributed by atoms with van der Waals surface area (Å²) < 4.78 is 0. The predicted molar refractivity (Wildman–Crippen MR) is 81.5 cm³/mol. The monoisotopic (exact) mass is 266 g/mol. The summed E-state index contributed by atoms with van der Waals surface area (Å²) >= 11 is 0. The normalized spacial score (nSPS) is 13.7. The lowest BCUT2D eigenvalue weighted by atomic mass is 9.84. The Labute approximate surface area is 119 Å². The molecule has 0 spiro atoms. The van der Waals surface area contributed by atoms with Gasteiger partial charge in [0.2, 0.25) is 5.91 Å². The van der Waals surface area contributed by atoms with Crippen LogP contribution in [0.3, 0.4) is 0 Å². The van der Waals surface area contributed by atoms with E-state index >= 15 is 0 Å². The zero-order valence-electron chi connectivity index (χ0n) is 12.0. The molecule has 2 aromatic rings. The molecule has 2 aromatic carbocycles. The van der Waals surface area contributed by atoms with Crippen molar-refractivity contribution >= 4 is 17.3 Å². The summed E-state index contributed by atoms with van der Waals surface area (Å²) in [6.07, 6.45) is 0. The van der Waals surface area contributed by atoms with Crippen molar-refractivity contribution in [2.75, 3.05) is 26.0 Å². The van der Waals surface area contributed by atoms with Crippen LogP contribution in [0.15, 0.2) is 48.5 Å². The molecule has 3 heteroatoms. The van der Waals surface area contributed by atoms with Crippen molar-refractivity contribution in [3.05, 3.63) is 59.7 Å². The van der Waals surface area contributed by atoms with Crippen molar-refractivity contribution in [3.63, 3.8) is 0 Å². The molecule has 0 atom stereocenters. The van der Waals surface area contributed by atoms with Crippen LogP contribution in [0.5, 0.6) is 0 Å². The Bertz CT molecular complexity index is 616. The summed E-state index contributed by atoms with van der Waals surface area (Å²) in [5.41, 5.74) is 4.36. The maximum atomic E-state index is 12.6. The van der Waals surface area contributed by atoms with Crippen LogP contribution in [0.25, 0.3) is 0 Å². The third-order valence-corrected chi connectivity index (χ3v) is 3.91. The molecule has 0 unspecified atom stereocenters. The second kappa shape index (κ2) is 4.67. The third-order valence-electron chi connectivity index (χ3n) is 3.91. The van der Waals surface area contributed by atoms with Crippen LogP contribution in [-0.4, -0.2) is 32.0 Å². The molecule has 3 rings (SSSR count). The SMILES string of the molecule is CN(C)C(=O)C1c2ccccc2N(C)c2ccccc21. The number of benzene rings is 2. The number of carbonyl (C=O) groups is 1. The van der Waals surface area contributed by atoms with Gasteiger partial charge in [0.1, 0.15) is 0 Å². The average Bonchev–Trinajstić information content (AvgIpc) is 2.47. The molecule has 1 heterocycles. The minimum atomic E-state index is -0.214.